The molecule has 1 amide bonds. The van der Waals surface area contributed by atoms with Gasteiger partial charge in [0.2, 0.25) is 0 Å². The quantitative estimate of drug-likeness (QED) is 0.940. The Hall–Kier alpha value is -2.73. The summed E-state index contributed by atoms with van der Waals surface area (Å²) in [6.45, 7) is 0.890. The van der Waals surface area contributed by atoms with E-state index in [4.69, 9.17) is 9.84 Å². The van der Waals surface area contributed by atoms with E-state index >= 15 is 0 Å². The highest BCUT2D eigenvalue weighted by Gasteiger charge is 2.27. The molecule has 1 atom stereocenters. The van der Waals surface area contributed by atoms with Crippen molar-refractivity contribution >= 4 is 11.9 Å². The largest absolute Gasteiger partial charge is 0.478 e. The van der Waals surface area contributed by atoms with Gasteiger partial charge in [-0.05, 0) is 24.3 Å². The van der Waals surface area contributed by atoms with Gasteiger partial charge in [0.05, 0.1) is 18.7 Å². The fourth-order valence-electron chi connectivity index (χ4n) is 2.73. The van der Waals surface area contributed by atoms with Gasteiger partial charge in [-0.1, -0.05) is 24.3 Å². The molecule has 24 heavy (non-hydrogen) atoms. The fraction of sp³-hybridized carbons (Fsp3) is 0.222. The van der Waals surface area contributed by atoms with Crippen LogP contribution in [0.4, 0.5) is 4.39 Å². The molecule has 0 aliphatic carbocycles. The third-order valence-electron chi connectivity index (χ3n) is 3.96. The number of ether oxygens (including phenoxy) is 1. The van der Waals surface area contributed by atoms with E-state index in [0.29, 0.717) is 24.3 Å². The van der Waals surface area contributed by atoms with Crippen molar-refractivity contribution in [2.45, 2.75) is 6.10 Å². The number of aromatic carboxylic acids is 1. The van der Waals surface area contributed by atoms with Gasteiger partial charge >= 0.3 is 5.97 Å². The van der Waals surface area contributed by atoms with Crippen LogP contribution >= 0.6 is 0 Å². The Morgan fingerprint density at radius 3 is 2.62 bits per heavy atom. The summed E-state index contributed by atoms with van der Waals surface area (Å²) in [5, 5.41) is 9.04. The molecule has 0 saturated carbocycles. The summed E-state index contributed by atoms with van der Waals surface area (Å²) in [5.41, 5.74) is 0.762. The van der Waals surface area contributed by atoms with Gasteiger partial charge in [0, 0.05) is 17.7 Å². The number of benzene rings is 2. The van der Waals surface area contributed by atoms with Crippen LogP contribution in [0.5, 0.6) is 0 Å². The average molecular weight is 329 g/mol. The van der Waals surface area contributed by atoms with E-state index in [1.54, 1.807) is 29.2 Å². The molecular formula is C18H16FNO4. The fourth-order valence-corrected chi connectivity index (χ4v) is 2.73. The monoisotopic (exact) mass is 329 g/mol. The molecule has 1 N–H and O–H groups in total. The number of rotatable bonds is 3. The van der Waals surface area contributed by atoms with Crippen molar-refractivity contribution in [3.05, 3.63) is 71.0 Å². The maximum Gasteiger partial charge on any atom is 0.335 e. The predicted molar refractivity (Wildman–Crippen MR) is 84.4 cm³/mol. The van der Waals surface area contributed by atoms with E-state index < -0.39 is 12.1 Å². The SMILES string of the molecule is O=C(O)c1cccc(C(=O)N2CCO[C@H](c3ccccc3F)C2)c1. The highest BCUT2D eigenvalue weighted by molar-refractivity contribution is 5.97. The number of amides is 1. The molecule has 124 valence electrons. The summed E-state index contributed by atoms with van der Waals surface area (Å²) < 4.78 is 19.5. The number of halogens is 1. The second-order valence-electron chi connectivity index (χ2n) is 5.52. The van der Waals surface area contributed by atoms with Crippen molar-refractivity contribution < 1.29 is 23.8 Å². The summed E-state index contributed by atoms with van der Waals surface area (Å²) in [5.74, 6) is -1.75. The number of carboxylic acids is 1. The number of hydrogen-bond donors (Lipinski definition) is 1. The summed E-state index contributed by atoms with van der Waals surface area (Å²) >= 11 is 0. The van der Waals surface area contributed by atoms with Crippen LogP contribution < -0.4 is 0 Å². The number of morpholine rings is 1. The van der Waals surface area contributed by atoms with E-state index in [1.165, 1.54) is 24.3 Å². The molecule has 5 nitrogen and oxygen atoms in total. The van der Waals surface area contributed by atoms with E-state index in [-0.39, 0.29) is 23.8 Å². The van der Waals surface area contributed by atoms with Crippen molar-refractivity contribution in [1.29, 1.82) is 0 Å². The van der Waals surface area contributed by atoms with Crippen LogP contribution in [-0.4, -0.2) is 41.6 Å². The summed E-state index contributed by atoms with van der Waals surface area (Å²) in [7, 11) is 0. The van der Waals surface area contributed by atoms with Crippen molar-refractivity contribution in [2.24, 2.45) is 0 Å². The van der Waals surface area contributed by atoms with Crippen molar-refractivity contribution in [1.82, 2.24) is 4.90 Å². The Kier molecular flexibility index (Phi) is 4.57. The van der Waals surface area contributed by atoms with E-state index in [1.807, 2.05) is 0 Å². The smallest absolute Gasteiger partial charge is 0.335 e. The third kappa shape index (κ3) is 3.28. The third-order valence-corrected chi connectivity index (χ3v) is 3.96. The van der Waals surface area contributed by atoms with E-state index in [2.05, 4.69) is 0 Å². The average Bonchev–Trinajstić information content (AvgIpc) is 2.61. The first-order valence-electron chi connectivity index (χ1n) is 7.55. The zero-order valence-electron chi connectivity index (χ0n) is 12.8. The summed E-state index contributed by atoms with van der Waals surface area (Å²) in [6, 6.07) is 12.2. The number of hydrogen-bond acceptors (Lipinski definition) is 3. The molecule has 2 aromatic rings. The minimum Gasteiger partial charge on any atom is -0.478 e. The van der Waals surface area contributed by atoms with Crippen LogP contribution in [0.1, 0.15) is 32.4 Å². The maximum atomic E-state index is 13.9. The minimum absolute atomic E-state index is 0.0553. The lowest BCUT2D eigenvalue weighted by Crippen LogP contribution is -2.42. The van der Waals surface area contributed by atoms with Crippen LogP contribution in [-0.2, 0) is 4.74 Å². The lowest BCUT2D eigenvalue weighted by Gasteiger charge is -2.33. The molecule has 1 aliphatic rings. The minimum atomic E-state index is -1.09. The van der Waals surface area contributed by atoms with Gasteiger partial charge in [0.15, 0.2) is 0 Å². The van der Waals surface area contributed by atoms with E-state index in [9.17, 15) is 14.0 Å². The number of carbonyl (C=O) groups is 2. The second-order valence-corrected chi connectivity index (χ2v) is 5.52. The zero-order chi connectivity index (χ0) is 17.1. The topological polar surface area (TPSA) is 66.8 Å². The van der Waals surface area contributed by atoms with Gasteiger partial charge < -0.3 is 14.7 Å². The Bertz CT molecular complexity index is 777. The highest BCUT2D eigenvalue weighted by Crippen LogP contribution is 2.25. The Morgan fingerprint density at radius 2 is 1.88 bits per heavy atom. The van der Waals surface area contributed by atoms with Gasteiger partial charge in [-0.2, -0.15) is 0 Å². The van der Waals surface area contributed by atoms with Gasteiger partial charge in [0.1, 0.15) is 11.9 Å². The van der Waals surface area contributed by atoms with Gasteiger partial charge in [0.25, 0.3) is 5.91 Å². The van der Waals surface area contributed by atoms with Crippen LogP contribution in [0.3, 0.4) is 0 Å². The lowest BCUT2D eigenvalue weighted by molar-refractivity contribution is -0.0243. The van der Waals surface area contributed by atoms with Crippen molar-refractivity contribution in [2.75, 3.05) is 19.7 Å². The molecule has 0 bridgehead atoms. The zero-order valence-corrected chi connectivity index (χ0v) is 12.8. The maximum absolute atomic E-state index is 13.9. The Balaban J connectivity index is 1.79. The van der Waals surface area contributed by atoms with Crippen molar-refractivity contribution in [3.8, 4) is 0 Å². The summed E-state index contributed by atoms with van der Waals surface area (Å²) in [6.07, 6.45) is -0.536. The first-order chi connectivity index (χ1) is 11.6. The lowest BCUT2D eigenvalue weighted by atomic mass is 10.1. The van der Waals surface area contributed by atoms with Gasteiger partial charge in [-0.3, -0.25) is 4.79 Å². The normalized spacial score (nSPS) is 17.5. The number of carboxylic acid groups (broad SMARTS) is 1. The molecule has 1 saturated heterocycles. The molecule has 0 aromatic heterocycles. The molecule has 0 spiro atoms. The molecule has 1 fully saturated rings. The first-order valence-corrected chi connectivity index (χ1v) is 7.55. The van der Waals surface area contributed by atoms with Crippen molar-refractivity contribution in [3.63, 3.8) is 0 Å². The van der Waals surface area contributed by atoms with Crippen LogP contribution in [0.25, 0.3) is 0 Å². The highest BCUT2D eigenvalue weighted by atomic mass is 19.1. The van der Waals surface area contributed by atoms with Crippen LogP contribution in [0.2, 0.25) is 0 Å². The molecule has 2 aromatic carbocycles. The standard InChI is InChI=1S/C18H16FNO4/c19-15-7-2-1-6-14(15)16-11-20(8-9-24-16)17(21)12-4-3-5-13(10-12)18(22)23/h1-7,10,16H,8-9,11H2,(H,22,23)/t16-/m0/s1. The van der Waals surface area contributed by atoms with Gasteiger partial charge in [-0.25, -0.2) is 9.18 Å². The number of nitrogens with zero attached hydrogens (tertiary/aromatic N) is 1. The first kappa shape index (κ1) is 16.1. The molecular weight excluding hydrogens is 313 g/mol. The molecule has 1 heterocycles. The number of carbonyl (C=O) groups excluding carboxylic acids is 1. The van der Waals surface area contributed by atoms with Gasteiger partial charge in [-0.15, -0.1) is 0 Å². The second kappa shape index (κ2) is 6.80. The molecule has 6 heteroatoms. The Morgan fingerprint density at radius 1 is 1.12 bits per heavy atom. The van der Waals surface area contributed by atoms with E-state index in [0.717, 1.165) is 0 Å². The Labute approximate surface area is 138 Å². The van der Waals surface area contributed by atoms with Crippen LogP contribution in [0.15, 0.2) is 48.5 Å². The molecule has 3 rings (SSSR count). The molecule has 0 radical (unpaired) electrons. The molecule has 0 unspecified atom stereocenters. The summed E-state index contributed by atoms with van der Waals surface area (Å²) in [4.78, 5) is 25.2. The predicted octanol–water partition coefficient (Wildman–Crippen LogP) is 2.74. The van der Waals surface area contributed by atoms with Crippen LogP contribution in [0, 0.1) is 5.82 Å². The molecule has 1 aliphatic heterocycles.